The van der Waals surface area contributed by atoms with Crippen molar-refractivity contribution in [3.8, 4) is 11.1 Å². The van der Waals surface area contributed by atoms with E-state index in [1.165, 1.54) is 54.5 Å². The van der Waals surface area contributed by atoms with Crippen LogP contribution in [0.2, 0.25) is 0 Å². The molecular weight excluding hydrogens is 350 g/mol. The molecule has 1 heterocycles. The fourth-order valence-corrected chi connectivity index (χ4v) is 4.87. The molecule has 0 fully saturated rings. The van der Waals surface area contributed by atoms with Crippen LogP contribution >= 0.6 is 0 Å². The van der Waals surface area contributed by atoms with Gasteiger partial charge in [-0.05, 0) is 57.8 Å². The smallest absolute Gasteiger partial charge is 0.0497 e. The maximum atomic E-state index is 2.43. The van der Waals surface area contributed by atoms with Crippen LogP contribution in [0.15, 0.2) is 97.1 Å². The van der Waals surface area contributed by atoms with E-state index in [0.29, 0.717) is 0 Å². The molecule has 0 unspecified atom stereocenters. The molecule has 0 radical (unpaired) electrons. The van der Waals surface area contributed by atoms with E-state index in [4.69, 9.17) is 0 Å². The third-order valence-corrected chi connectivity index (χ3v) is 6.15. The molecule has 0 spiro atoms. The van der Waals surface area contributed by atoms with E-state index < -0.39 is 0 Å². The highest BCUT2D eigenvalue weighted by Gasteiger charge is 2.13. The molecule has 1 aromatic heterocycles. The number of para-hydroxylation sites is 1. The van der Waals surface area contributed by atoms with Gasteiger partial charge in [-0.3, -0.25) is 0 Å². The third kappa shape index (κ3) is 2.34. The van der Waals surface area contributed by atoms with Gasteiger partial charge in [-0.15, -0.1) is 0 Å². The van der Waals surface area contributed by atoms with Crippen LogP contribution < -0.4 is 0 Å². The molecule has 0 amide bonds. The van der Waals surface area contributed by atoms with Gasteiger partial charge >= 0.3 is 0 Å². The number of hydrogen-bond donors (Lipinski definition) is 0. The van der Waals surface area contributed by atoms with Crippen molar-refractivity contribution in [2.24, 2.45) is 0 Å². The Hall–Kier alpha value is -3.58. The SMILES string of the molecule is CCn1c2ccccc2c2ccc(-c3c4ccccc4cc4ccccc34)cc21. The van der Waals surface area contributed by atoms with Gasteiger partial charge < -0.3 is 4.57 Å². The summed E-state index contributed by atoms with van der Waals surface area (Å²) in [6.45, 7) is 3.19. The summed E-state index contributed by atoms with van der Waals surface area (Å²) in [6, 6.07) is 35.5. The summed E-state index contributed by atoms with van der Waals surface area (Å²) < 4.78 is 2.43. The number of fused-ring (bicyclic) bond motifs is 5. The van der Waals surface area contributed by atoms with Gasteiger partial charge in [0.15, 0.2) is 0 Å². The second kappa shape index (κ2) is 6.22. The van der Waals surface area contributed by atoms with E-state index in [9.17, 15) is 0 Å². The predicted octanol–water partition coefficient (Wildman–Crippen LogP) is 7.79. The molecule has 0 N–H and O–H groups in total. The van der Waals surface area contributed by atoms with Crippen LogP contribution in [0.25, 0.3) is 54.5 Å². The average Bonchev–Trinajstić information content (AvgIpc) is 3.10. The van der Waals surface area contributed by atoms with Crippen molar-refractivity contribution in [3.63, 3.8) is 0 Å². The number of benzene rings is 5. The molecule has 0 aliphatic heterocycles. The van der Waals surface area contributed by atoms with Crippen LogP contribution in [-0.2, 0) is 6.54 Å². The van der Waals surface area contributed by atoms with Gasteiger partial charge in [0.2, 0.25) is 0 Å². The van der Waals surface area contributed by atoms with Crippen molar-refractivity contribution in [2.45, 2.75) is 13.5 Å². The summed E-state index contributed by atoms with van der Waals surface area (Å²) >= 11 is 0. The van der Waals surface area contributed by atoms with Gasteiger partial charge in [0.25, 0.3) is 0 Å². The Morgan fingerprint density at radius 2 is 1.14 bits per heavy atom. The minimum Gasteiger partial charge on any atom is -0.341 e. The molecule has 1 nitrogen and oxygen atoms in total. The summed E-state index contributed by atoms with van der Waals surface area (Å²) in [5.74, 6) is 0. The topological polar surface area (TPSA) is 4.93 Å². The van der Waals surface area contributed by atoms with Gasteiger partial charge in [0.1, 0.15) is 0 Å². The van der Waals surface area contributed by atoms with Crippen molar-refractivity contribution < 1.29 is 0 Å². The summed E-state index contributed by atoms with van der Waals surface area (Å²) in [5, 5.41) is 7.86. The van der Waals surface area contributed by atoms with Gasteiger partial charge in [0.05, 0.1) is 0 Å². The number of aryl methyl sites for hydroxylation is 1. The van der Waals surface area contributed by atoms with E-state index in [-0.39, 0.29) is 0 Å². The number of hydrogen-bond acceptors (Lipinski definition) is 0. The van der Waals surface area contributed by atoms with E-state index in [0.717, 1.165) is 6.54 Å². The fraction of sp³-hybridized carbons (Fsp3) is 0.0714. The van der Waals surface area contributed by atoms with Gasteiger partial charge in [-0.25, -0.2) is 0 Å². The molecule has 0 aliphatic rings. The first kappa shape index (κ1) is 16.4. The fourth-order valence-electron chi connectivity index (χ4n) is 4.87. The van der Waals surface area contributed by atoms with Crippen molar-refractivity contribution in [1.29, 1.82) is 0 Å². The van der Waals surface area contributed by atoms with E-state index in [1.807, 2.05) is 0 Å². The molecule has 0 aliphatic carbocycles. The first-order valence-electron chi connectivity index (χ1n) is 10.3. The van der Waals surface area contributed by atoms with E-state index in [2.05, 4.69) is 109 Å². The number of rotatable bonds is 2. The van der Waals surface area contributed by atoms with Crippen LogP contribution in [0.5, 0.6) is 0 Å². The molecule has 0 saturated heterocycles. The molecule has 6 aromatic rings. The lowest BCUT2D eigenvalue weighted by atomic mass is 9.91. The number of nitrogens with zero attached hydrogens (tertiary/aromatic N) is 1. The van der Waals surface area contributed by atoms with Crippen molar-refractivity contribution in [2.75, 3.05) is 0 Å². The Bertz CT molecular complexity index is 1480. The monoisotopic (exact) mass is 371 g/mol. The second-order valence-corrected chi connectivity index (χ2v) is 7.69. The lowest BCUT2D eigenvalue weighted by Crippen LogP contribution is -1.93. The third-order valence-electron chi connectivity index (χ3n) is 6.15. The first-order chi connectivity index (χ1) is 14.3. The highest BCUT2D eigenvalue weighted by Crippen LogP contribution is 2.39. The zero-order valence-corrected chi connectivity index (χ0v) is 16.4. The minimum absolute atomic E-state index is 0.962. The molecule has 0 saturated carbocycles. The van der Waals surface area contributed by atoms with Gasteiger partial charge in [-0.1, -0.05) is 78.9 Å². The quantitative estimate of drug-likeness (QED) is 0.274. The second-order valence-electron chi connectivity index (χ2n) is 7.69. The van der Waals surface area contributed by atoms with Gasteiger partial charge in [0, 0.05) is 28.4 Å². The number of aromatic nitrogens is 1. The highest BCUT2D eigenvalue weighted by molar-refractivity contribution is 6.15. The molecule has 29 heavy (non-hydrogen) atoms. The van der Waals surface area contributed by atoms with Crippen molar-refractivity contribution in [3.05, 3.63) is 97.1 Å². The summed E-state index contributed by atoms with van der Waals surface area (Å²) in [6.07, 6.45) is 0. The Morgan fingerprint density at radius 3 is 1.83 bits per heavy atom. The summed E-state index contributed by atoms with van der Waals surface area (Å²) in [4.78, 5) is 0. The maximum Gasteiger partial charge on any atom is 0.0497 e. The van der Waals surface area contributed by atoms with Crippen molar-refractivity contribution >= 4 is 43.4 Å². The van der Waals surface area contributed by atoms with Crippen LogP contribution in [0.1, 0.15) is 6.92 Å². The van der Waals surface area contributed by atoms with Gasteiger partial charge in [-0.2, -0.15) is 0 Å². The van der Waals surface area contributed by atoms with E-state index >= 15 is 0 Å². The van der Waals surface area contributed by atoms with E-state index in [1.54, 1.807) is 0 Å². The van der Waals surface area contributed by atoms with Crippen molar-refractivity contribution in [1.82, 2.24) is 4.57 Å². The Balaban J connectivity index is 1.76. The molecule has 138 valence electrons. The summed E-state index contributed by atoms with van der Waals surface area (Å²) in [5.41, 5.74) is 5.23. The van der Waals surface area contributed by atoms with Crippen LogP contribution in [0.4, 0.5) is 0 Å². The Morgan fingerprint density at radius 1 is 0.552 bits per heavy atom. The summed E-state index contributed by atoms with van der Waals surface area (Å²) in [7, 11) is 0. The Kier molecular flexibility index (Phi) is 3.51. The lowest BCUT2D eigenvalue weighted by molar-refractivity contribution is 0.827. The lowest BCUT2D eigenvalue weighted by Gasteiger charge is -2.13. The minimum atomic E-state index is 0.962. The largest absolute Gasteiger partial charge is 0.341 e. The first-order valence-corrected chi connectivity index (χ1v) is 10.3. The predicted molar refractivity (Wildman–Crippen MR) is 126 cm³/mol. The zero-order valence-electron chi connectivity index (χ0n) is 16.4. The molecule has 1 heteroatoms. The maximum absolute atomic E-state index is 2.43. The Labute approximate surface area is 169 Å². The highest BCUT2D eigenvalue weighted by atomic mass is 15.0. The normalized spacial score (nSPS) is 11.8. The average molecular weight is 371 g/mol. The standard InChI is InChI=1S/C28H21N/c1-2-29-26-14-8-7-13-24(26)25-16-15-21(18-27(25)29)28-22-11-5-3-9-19(22)17-20-10-4-6-12-23(20)28/h3-18H,2H2,1H3. The van der Waals surface area contributed by atoms with Crippen LogP contribution in [0, 0.1) is 0 Å². The van der Waals surface area contributed by atoms with Crippen LogP contribution in [0.3, 0.4) is 0 Å². The molecule has 0 atom stereocenters. The molecule has 6 rings (SSSR count). The van der Waals surface area contributed by atoms with Crippen LogP contribution in [-0.4, -0.2) is 4.57 Å². The zero-order chi connectivity index (χ0) is 19.4. The molecule has 5 aromatic carbocycles. The molecular formula is C28H21N. The molecule has 0 bridgehead atoms.